The standard InChI is InChI=1S/C28H24N8O.C27H20N8O.C27H22N8O.C27H21N7O/c1-16(2)10-24(37)32-19-11-17(13-29-15-19)18-12-21-26(35-36-27(21)31-14-18)28-33-23-8-5-6-20(25(23)34-28)22-7-3-4-9-30-22;36-27(15-7-8-15)31-18-10-16(12-28-14-18)17-11-20-24(34-35-25(20)30-13-17)26-32-22-6-3-4-19(23(22)33-26)21-5-1-2-9-29-21;1-15(2)27(36)31-18-10-16(12-28-14-18)17-11-20-24(34-35-25(20)30-13-17)26-32-22-8-5-6-19(23(22)33-26)21-7-3-4-9-29-21;1-2-19(35)13-18-10-9-16(14-29-18)17-12-21-25(33-34-26(21)30-15-17)27-31-23-8-5-6-20(24(23)32-27)22-7-3-4-11-28-22/h3-9,11-16H,10H2,1-2H3,(H,32,37)(H,33,34)(H,31,35,36);1-6,9-15H,7-8H2,(H,31,36)(H,32,33)(H,30,34,35);3-15H,1-2H3,(H,31,36)(H,32,33)(H,30,34,35);3-12,14-15H,2,13H2,1H3,(H,31,32)(H,30,33,34). The van der Waals surface area contributed by atoms with Gasteiger partial charge in [0.25, 0.3) is 0 Å². The first-order valence-corrected chi connectivity index (χ1v) is 46.8. The van der Waals surface area contributed by atoms with Crippen molar-refractivity contribution in [3.8, 4) is 136 Å². The van der Waals surface area contributed by atoms with E-state index in [0.29, 0.717) is 82.2 Å². The van der Waals surface area contributed by atoms with E-state index < -0.39 is 0 Å². The zero-order valence-corrected chi connectivity index (χ0v) is 78.1. The largest absolute Gasteiger partial charge is 0.337 e. The summed E-state index contributed by atoms with van der Waals surface area (Å²) < 4.78 is 0. The lowest BCUT2D eigenvalue weighted by Crippen LogP contribution is -2.17. The second-order valence-corrected chi connectivity index (χ2v) is 35.3. The number of ketones is 1. The smallest absolute Gasteiger partial charge is 0.227 e. The predicted octanol–water partition coefficient (Wildman–Crippen LogP) is 21.0. The summed E-state index contributed by atoms with van der Waals surface area (Å²) in [4.78, 5) is 135. The molecule has 0 aliphatic heterocycles. The van der Waals surface area contributed by atoms with E-state index >= 15 is 0 Å². The maximum Gasteiger partial charge on any atom is 0.227 e. The van der Waals surface area contributed by atoms with Crippen LogP contribution >= 0.6 is 0 Å². The summed E-state index contributed by atoms with van der Waals surface area (Å²) >= 11 is 0. The van der Waals surface area contributed by atoms with Gasteiger partial charge in [0.15, 0.2) is 45.9 Å². The van der Waals surface area contributed by atoms with Crippen molar-refractivity contribution in [2.75, 3.05) is 16.0 Å². The molecule has 0 unspecified atom stereocenters. The molecule has 35 heteroatoms. The number of amides is 3. The third-order valence-electron chi connectivity index (χ3n) is 24.4. The molecule has 20 heterocycles. The molecular formula is C109H87N31O4. The van der Waals surface area contributed by atoms with Gasteiger partial charge in [-0.1, -0.05) is 113 Å². The summed E-state index contributed by atoms with van der Waals surface area (Å²) in [6, 6.07) is 64.9. The van der Waals surface area contributed by atoms with Crippen molar-refractivity contribution >= 4 is 129 Å². The van der Waals surface area contributed by atoms with Crippen LogP contribution in [0, 0.1) is 17.8 Å². The highest BCUT2D eigenvalue weighted by atomic mass is 16.2. The molecule has 702 valence electrons. The molecule has 11 N–H and O–H groups in total. The second-order valence-electron chi connectivity index (χ2n) is 35.3. The number of aromatic nitrogens is 28. The maximum atomic E-state index is 12.2. The van der Waals surface area contributed by atoms with Crippen LogP contribution in [0.4, 0.5) is 17.1 Å². The number of pyridine rings is 12. The molecule has 0 spiro atoms. The molecule has 4 aromatic carbocycles. The fourth-order valence-corrected chi connectivity index (χ4v) is 17.0. The number of Topliss-reactive ketones (excluding diaryl/α,β-unsaturated/α-hetero) is 1. The number of anilines is 3. The Morgan fingerprint density at radius 1 is 0.340 bits per heavy atom. The molecule has 1 saturated carbocycles. The van der Waals surface area contributed by atoms with Crippen molar-refractivity contribution in [3.63, 3.8) is 0 Å². The van der Waals surface area contributed by atoms with Crippen LogP contribution in [0.5, 0.6) is 0 Å². The topological polar surface area (TPSA) is 488 Å². The molecule has 0 radical (unpaired) electrons. The van der Waals surface area contributed by atoms with Crippen molar-refractivity contribution in [2.45, 2.75) is 66.7 Å². The van der Waals surface area contributed by atoms with Gasteiger partial charge in [-0.25, -0.2) is 39.9 Å². The Kier molecular flexibility index (Phi) is 24.4. The number of hydrogen-bond donors (Lipinski definition) is 11. The Hall–Kier alpha value is -19.5. The number of para-hydroxylation sites is 4. The van der Waals surface area contributed by atoms with E-state index in [1.54, 1.807) is 93.0 Å². The Balaban J connectivity index is 0.000000110. The van der Waals surface area contributed by atoms with E-state index in [0.717, 1.165) is 197 Å². The maximum absolute atomic E-state index is 12.2. The summed E-state index contributed by atoms with van der Waals surface area (Å²) in [7, 11) is 0. The monoisotopic (exact) mass is 1890 g/mol. The first kappa shape index (κ1) is 89.7. The number of nitrogens with one attached hydrogen (secondary N) is 11. The fraction of sp³-hybridized carbons (Fsp3) is 0.119. The minimum Gasteiger partial charge on any atom is -0.337 e. The minimum absolute atomic E-state index is 0.0328. The first-order valence-electron chi connectivity index (χ1n) is 46.8. The molecule has 144 heavy (non-hydrogen) atoms. The SMILES string of the molecule is CC(C)C(=O)Nc1cncc(-c2cnc3n[nH]c(-c4nc5c(-c6ccccn6)cccc5[nH]4)c3c2)c1.CC(C)CC(=O)Nc1cncc(-c2cnc3n[nH]c(-c4nc5c(-c6ccccn6)cccc5[nH]4)c3c2)c1.CCC(=O)Cc1ccc(-c2cnc3n[nH]c(-c4nc5c(-c6ccccn6)cccc5[nH]4)c3c2)cn1.O=C(Nc1cncc(-c2cnc3n[nH]c(-c4nc5c(-c6ccccn6)cccc5[nH]4)c3c2)c1)C1CC1. The van der Waals surface area contributed by atoms with E-state index in [4.69, 9.17) is 19.9 Å². The molecule has 0 saturated heterocycles. The lowest BCUT2D eigenvalue weighted by Gasteiger charge is -2.09. The van der Waals surface area contributed by atoms with Gasteiger partial charge >= 0.3 is 0 Å². The van der Waals surface area contributed by atoms with E-state index in [9.17, 15) is 19.2 Å². The van der Waals surface area contributed by atoms with Crippen molar-refractivity contribution in [1.29, 1.82) is 0 Å². The molecule has 1 fully saturated rings. The molecule has 24 aromatic rings. The quantitative estimate of drug-likeness (QED) is 0.0300. The van der Waals surface area contributed by atoms with Crippen LogP contribution in [0.1, 0.15) is 66.0 Å². The van der Waals surface area contributed by atoms with Gasteiger partial charge in [-0.05, 0) is 140 Å². The average molecular weight is 1900 g/mol. The molecule has 25 rings (SSSR count). The molecule has 1 aliphatic rings. The summed E-state index contributed by atoms with van der Waals surface area (Å²) in [6.07, 6.45) is 29.3. The minimum atomic E-state index is -0.123. The van der Waals surface area contributed by atoms with Crippen LogP contribution in [0.3, 0.4) is 0 Å². The Labute approximate surface area is 818 Å². The highest BCUT2D eigenvalue weighted by Gasteiger charge is 2.30. The van der Waals surface area contributed by atoms with Gasteiger partial charge in [0, 0.05) is 178 Å². The van der Waals surface area contributed by atoms with E-state index in [2.05, 4.69) is 136 Å². The Bertz CT molecular complexity index is 8680. The van der Waals surface area contributed by atoms with E-state index in [1.807, 2.05) is 235 Å². The molecule has 0 bridgehead atoms. The third-order valence-corrected chi connectivity index (χ3v) is 24.4. The van der Waals surface area contributed by atoms with Crippen LogP contribution in [-0.4, -0.2) is 164 Å². The first-order chi connectivity index (χ1) is 70.5. The summed E-state index contributed by atoms with van der Waals surface area (Å²) in [5.41, 5.74) is 29.2. The number of aromatic amines is 8. The van der Waals surface area contributed by atoms with Crippen molar-refractivity contribution in [3.05, 3.63) is 299 Å². The molecule has 1 aliphatic carbocycles. The lowest BCUT2D eigenvalue weighted by atomic mass is 10.1. The fourth-order valence-electron chi connectivity index (χ4n) is 17.0. The number of nitrogens with zero attached hydrogens (tertiary/aromatic N) is 20. The Morgan fingerprint density at radius 2 is 0.674 bits per heavy atom. The number of hydrogen-bond acceptors (Lipinski definition) is 24. The summed E-state index contributed by atoms with van der Waals surface area (Å²) in [6.45, 7) is 9.59. The molecule has 3 amide bonds. The molecule has 0 atom stereocenters. The number of imidazole rings is 4. The van der Waals surface area contributed by atoms with Gasteiger partial charge in [-0.2, -0.15) is 20.4 Å². The van der Waals surface area contributed by atoms with Crippen molar-refractivity contribution < 1.29 is 19.2 Å². The van der Waals surface area contributed by atoms with Crippen LogP contribution < -0.4 is 16.0 Å². The van der Waals surface area contributed by atoms with E-state index in [1.165, 1.54) is 0 Å². The normalized spacial score (nSPS) is 11.9. The zero-order chi connectivity index (χ0) is 97.8. The number of H-pyrrole nitrogens is 8. The van der Waals surface area contributed by atoms with Gasteiger partial charge in [0.05, 0.1) is 124 Å². The van der Waals surface area contributed by atoms with Crippen molar-refractivity contribution in [1.82, 2.24) is 140 Å². The number of carbonyl (C=O) groups excluding carboxylic acids is 4. The van der Waals surface area contributed by atoms with Crippen LogP contribution in [-0.2, 0) is 25.6 Å². The van der Waals surface area contributed by atoms with Crippen LogP contribution in [0.2, 0.25) is 0 Å². The highest BCUT2D eigenvalue weighted by molar-refractivity contribution is 6.04. The van der Waals surface area contributed by atoms with Gasteiger partial charge in [0.2, 0.25) is 17.7 Å². The molecular weight excluding hydrogens is 1810 g/mol. The van der Waals surface area contributed by atoms with Gasteiger partial charge in [-0.15, -0.1) is 0 Å². The summed E-state index contributed by atoms with van der Waals surface area (Å²) in [5.74, 6) is 3.07. The average Bonchev–Trinajstić information content (AvgIpc) is 1.63. The Morgan fingerprint density at radius 3 is 0.986 bits per heavy atom. The second kappa shape index (κ2) is 39.2. The highest BCUT2D eigenvalue weighted by Crippen LogP contribution is 2.40. The predicted molar refractivity (Wildman–Crippen MR) is 554 cm³/mol. The van der Waals surface area contributed by atoms with Gasteiger partial charge in [-0.3, -0.25) is 79.4 Å². The third kappa shape index (κ3) is 18.9. The van der Waals surface area contributed by atoms with Crippen LogP contribution in [0.25, 0.3) is 224 Å². The van der Waals surface area contributed by atoms with Crippen molar-refractivity contribution in [2.24, 2.45) is 17.8 Å². The number of benzene rings is 4. The lowest BCUT2D eigenvalue weighted by molar-refractivity contribution is -0.119. The molecule has 35 nitrogen and oxygen atoms in total. The number of fused-ring (bicyclic) bond motifs is 8. The van der Waals surface area contributed by atoms with Gasteiger partial charge in [0.1, 0.15) is 28.6 Å². The number of rotatable bonds is 22. The number of carbonyl (C=O) groups is 4. The van der Waals surface area contributed by atoms with Crippen LogP contribution in [0.15, 0.2) is 293 Å². The van der Waals surface area contributed by atoms with E-state index in [-0.39, 0.29) is 41.3 Å². The molecule has 20 aromatic heterocycles. The summed E-state index contributed by atoms with van der Waals surface area (Å²) in [5, 5.41) is 42.0. The zero-order valence-electron chi connectivity index (χ0n) is 78.1. The van der Waals surface area contributed by atoms with Gasteiger partial charge < -0.3 is 35.9 Å².